The lowest BCUT2D eigenvalue weighted by molar-refractivity contribution is 0.479. The van der Waals surface area contributed by atoms with E-state index in [1.54, 1.807) is 0 Å². The predicted molar refractivity (Wildman–Crippen MR) is 40.8 cm³/mol. The van der Waals surface area contributed by atoms with Crippen molar-refractivity contribution in [3.05, 3.63) is 0 Å². The number of fused-ring (bicyclic) bond motifs is 1. The summed E-state index contributed by atoms with van der Waals surface area (Å²) in [5, 5.41) is 10.3. The molecule has 2 fully saturated rings. The highest BCUT2D eigenvalue weighted by Crippen LogP contribution is 2.13. The van der Waals surface area contributed by atoms with E-state index in [-0.39, 0.29) is 0 Å². The SMILES string of the molecule is CCC1NCC2NCNC12. The Hall–Kier alpha value is -0.120. The molecule has 3 atom stereocenters. The van der Waals surface area contributed by atoms with Gasteiger partial charge in [0.25, 0.3) is 0 Å². The zero-order valence-corrected chi connectivity index (χ0v) is 6.35. The Balaban J connectivity index is 2.01. The van der Waals surface area contributed by atoms with Crippen LogP contribution in [0, 0.1) is 0 Å². The van der Waals surface area contributed by atoms with Crippen LogP contribution >= 0.6 is 0 Å². The Morgan fingerprint density at radius 2 is 2.20 bits per heavy atom. The lowest BCUT2D eigenvalue weighted by atomic mass is 10.1. The maximum Gasteiger partial charge on any atom is 0.0460 e. The Labute approximate surface area is 61.6 Å². The van der Waals surface area contributed by atoms with Crippen LogP contribution in [0.5, 0.6) is 0 Å². The largest absolute Gasteiger partial charge is 0.311 e. The van der Waals surface area contributed by atoms with Crippen LogP contribution in [0.2, 0.25) is 0 Å². The van der Waals surface area contributed by atoms with Crippen molar-refractivity contribution in [2.24, 2.45) is 0 Å². The normalized spacial score (nSPS) is 45.9. The Bertz CT molecular complexity index is 126. The number of hydrogen-bond acceptors (Lipinski definition) is 3. The second kappa shape index (κ2) is 2.49. The summed E-state index contributed by atoms with van der Waals surface area (Å²) in [6.45, 7) is 4.36. The molecule has 3 nitrogen and oxygen atoms in total. The molecule has 2 rings (SSSR count). The summed E-state index contributed by atoms with van der Waals surface area (Å²) < 4.78 is 0. The zero-order valence-electron chi connectivity index (χ0n) is 6.35. The standard InChI is InChI=1S/C7H15N3/c1-2-5-7-6(3-8-5)9-4-10-7/h5-10H,2-4H2,1H3. The van der Waals surface area contributed by atoms with E-state index in [0.29, 0.717) is 18.1 Å². The summed E-state index contributed by atoms with van der Waals surface area (Å²) in [4.78, 5) is 0. The monoisotopic (exact) mass is 141 g/mol. The summed E-state index contributed by atoms with van der Waals surface area (Å²) in [6.07, 6.45) is 1.23. The number of hydrogen-bond donors (Lipinski definition) is 3. The fraction of sp³-hybridized carbons (Fsp3) is 1.00. The first-order chi connectivity index (χ1) is 4.92. The van der Waals surface area contributed by atoms with Gasteiger partial charge in [-0.25, -0.2) is 0 Å². The van der Waals surface area contributed by atoms with E-state index in [2.05, 4.69) is 22.9 Å². The first kappa shape index (κ1) is 6.58. The maximum absolute atomic E-state index is 3.48. The quantitative estimate of drug-likeness (QED) is 0.450. The van der Waals surface area contributed by atoms with Gasteiger partial charge in [-0.1, -0.05) is 6.92 Å². The molecule has 0 amide bonds. The van der Waals surface area contributed by atoms with Crippen LogP contribution in [0.15, 0.2) is 0 Å². The van der Waals surface area contributed by atoms with Crippen LogP contribution in [0.3, 0.4) is 0 Å². The molecule has 58 valence electrons. The molecule has 3 N–H and O–H groups in total. The Kier molecular flexibility index (Phi) is 1.64. The smallest absolute Gasteiger partial charge is 0.0460 e. The van der Waals surface area contributed by atoms with Gasteiger partial charge in [0.15, 0.2) is 0 Å². The van der Waals surface area contributed by atoms with E-state index in [1.807, 2.05) is 0 Å². The van der Waals surface area contributed by atoms with Crippen LogP contribution in [0.4, 0.5) is 0 Å². The Morgan fingerprint density at radius 1 is 1.30 bits per heavy atom. The van der Waals surface area contributed by atoms with Gasteiger partial charge in [-0.15, -0.1) is 0 Å². The fourth-order valence-electron chi connectivity index (χ4n) is 2.00. The van der Waals surface area contributed by atoms with Crippen molar-refractivity contribution < 1.29 is 0 Å². The highest BCUT2D eigenvalue weighted by atomic mass is 15.3. The van der Waals surface area contributed by atoms with E-state index in [0.717, 1.165) is 13.2 Å². The van der Waals surface area contributed by atoms with Gasteiger partial charge < -0.3 is 5.32 Å². The molecule has 2 heterocycles. The first-order valence-corrected chi connectivity index (χ1v) is 4.12. The first-order valence-electron chi connectivity index (χ1n) is 4.12. The third-order valence-electron chi connectivity index (χ3n) is 2.61. The predicted octanol–water partition coefficient (Wildman–Crippen LogP) is -0.744. The second-order valence-electron chi connectivity index (χ2n) is 3.14. The molecule has 0 bridgehead atoms. The minimum Gasteiger partial charge on any atom is -0.311 e. The molecular weight excluding hydrogens is 126 g/mol. The molecule has 0 aromatic rings. The van der Waals surface area contributed by atoms with E-state index >= 15 is 0 Å². The highest BCUT2D eigenvalue weighted by molar-refractivity contribution is 5.02. The molecule has 10 heavy (non-hydrogen) atoms. The second-order valence-corrected chi connectivity index (χ2v) is 3.14. The van der Waals surface area contributed by atoms with Gasteiger partial charge >= 0.3 is 0 Å². The van der Waals surface area contributed by atoms with Gasteiger partial charge in [-0.05, 0) is 6.42 Å². The van der Waals surface area contributed by atoms with Crippen LogP contribution in [-0.2, 0) is 0 Å². The average molecular weight is 141 g/mol. The molecule has 2 aliphatic heterocycles. The summed E-state index contributed by atoms with van der Waals surface area (Å²) in [5.41, 5.74) is 0. The molecule has 2 saturated heterocycles. The minimum atomic E-state index is 0.685. The fourth-order valence-corrected chi connectivity index (χ4v) is 2.00. The van der Waals surface area contributed by atoms with Crippen molar-refractivity contribution in [3.63, 3.8) is 0 Å². The lowest BCUT2D eigenvalue weighted by Gasteiger charge is -2.15. The molecule has 2 aliphatic rings. The van der Waals surface area contributed by atoms with Gasteiger partial charge in [-0.2, -0.15) is 0 Å². The van der Waals surface area contributed by atoms with Gasteiger partial charge in [0.05, 0.1) is 0 Å². The van der Waals surface area contributed by atoms with Crippen molar-refractivity contribution in [2.75, 3.05) is 13.2 Å². The van der Waals surface area contributed by atoms with Crippen LogP contribution in [0.25, 0.3) is 0 Å². The topological polar surface area (TPSA) is 36.1 Å². The van der Waals surface area contributed by atoms with E-state index in [9.17, 15) is 0 Å². The third kappa shape index (κ3) is 0.856. The summed E-state index contributed by atoms with van der Waals surface area (Å²) in [7, 11) is 0. The van der Waals surface area contributed by atoms with E-state index in [4.69, 9.17) is 0 Å². The van der Waals surface area contributed by atoms with Gasteiger partial charge in [-0.3, -0.25) is 10.6 Å². The molecule has 3 unspecified atom stereocenters. The van der Waals surface area contributed by atoms with Crippen LogP contribution in [-0.4, -0.2) is 31.3 Å². The molecule has 0 aliphatic carbocycles. The molecule has 3 heteroatoms. The summed E-state index contributed by atoms with van der Waals surface area (Å²) >= 11 is 0. The van der Waals surface area contributed by atoms with Crippen molar-refractivity contribution in [1.82, 2.24) is 16.0 Å². The molecule has 0 radical (unpaired) electrons. The van der Waals surface area contributed by atoms with Gasteiger partial charge in [0.2, 0.25) is 0 Å². The minimum absolute atomic E-state index is 0.685. The van der Waals surface area contributed by atoms with Crippen LogP contribution < -0.4 is 16.0 Å². The molecule has 0 aromatic heterocycles. The number of nitrogens with one attached hydrogen (secondary N) is 3. The van der Waals surface area contributed by atoms with E-state index in [1.165, 1.54) is 6.42 Å². The third-order valence-corrected chi connectivity index (χ3v) is 2.61. The van der Waals surface area contributed by atoms with Gasteiger partial charge in [0, 0.05) is 31.3 Å². The summed E-state index contributed by atoms with van der Waals surface area (Å²) in [5.74, 6) is 0. The molecule has 0 spiro atoms. The number of rotatable bonds is 1. The molecular formula is C7H15N3. The lowest BCUT2D eigenvalue weighted by Crippen LogP contribution is -2.39. The van der Waals surface area contributed by atoms with Crippen molar-refractivity contribution in [1.29, 1.82) is 0 Å². The maximum atomic E-state index is 3.48. The van der Waals surface area contributed by atoms with Gasteiger partial charge in [0.1, 0.15) is 0 Å². The van der Waals surface area contributed by atoms with Crippen molar-refractivity contribution >= 4 is 0 Å². The average Bonchev–Trinajstić information content (AvgIpc) is 2.44. The highest BCUT2D eigenvalue weighted by Gasteiger charge is 2.37. The van der Waals surface area contributed by atoms with Crippen LogP contribution in [0.1, 0.15) is 13.3 Å². The zero-order chi connectivity index (χ0) is 6.97. The summed E-state index contributed by atoms with van der Waals surface area (Å²) in [6, 6.07) is 2.06. The van der Waals surface area contributed by atoms with Crippen molar-refractivity contribution in [2.45, 2.75) is 31.5 Å². The van der Waals surface area contributed by atoms with Crippen molar-refractivity contribution in [3.8, 4) is 0 Å². The molecule has 0 saturated carbocycles. The molecule has 0 aromatic carbocycles. The van der Waals surface area contributed by atoms with E-state index < -0.39 is 0 Å². The Morgan fingerprint density at radius 3 is 3.00 bits per heavy atom.